The molecule has 14 heavy (non-hydrogen) atoms. The zero-order chi connectivity index (χ0) is 10.6. The molecule has 4 heteroatoms. The fourth-order valence-electron chi connectivity index (χ4n) is 1.53. The number of hydrogen-bond acceptors (Lipinski definition) is 2. The van der Waals surface area contributed by atoms with Gasteiger partial charge >= 0.3 is 0 Å². The summed E-state index contributed by atoms with van der Waals surface area (Å²) in [6.45, 7) is 9.83. The first-order valence-corrected chi connectivity index (χ1v) is 5.63. The predicted octanol–water partition coefficient (Wildman–Crippen LogP) is 1.38. The minimum atomic E-state index is -0.0732. The van der Waals surface area contributed by atoms with Crippen molar-refractivity contribution >= 4 is 17.3 Å². The largest absolute Gasteiger partial charge is 0.372 e. The van der Waals surface area contributed by atoms with Crippen LogP contribution in [0.5, 0.6) is 0 Å². The van der Waals surface area contributed by atoms with Gasteiger partial charge in [0.15, 0.2) is 5.11 Å². The zero-order valence-corrected chi connectivity index (χ0v) is 10.1. The van der Waals surface area contributed by atoms with Crippen LogP contribution in [0, 0.1) is 0 Å². The second-order valence-corrected chi connectivity index (χ2v) is 4.65. The van der Waals surface area contributed by atoms with Crippen molar-refractivity contribution in [2.45, 2.75) is 32.8 Å². The highest BCUT2D eigenvalue weighted by Crippen LogP contribution is 2.16. The Bertz CT molecular complexity index is 206. The normalized spacial score (nSPS) is 20.6. The third kappa shape index (κ3) is 3.42. The highest BCUT2D eigenvalue weighted by molar-refractivity contribution is 7.80. The van der Waals surface area contributed by atoms with Crippen LogP contribution in [-0.2, 0) is 4.74 Å². The first kappa shape index (κ1) is 11.7. The Hall–Kier alpha value is -0.350. The van der Waals surface area contributed by atoms with E-state index < -0.39 is 0 Å². The summed E-state index contributed by atoms with van der Waals surface area (Å²) in [5, 5.41) is 4.11. The molecule has 1 fully saturated rings. The van der Waals surface area contributed by atoms with Gasteiger partial charge in [0.05, 0.1) is 12.2 Å². The van der Waals surface area contributed by atoms with Crippen LogP contribution in [0.15, 0.2) is 0 Å². The van der Waals surface area contributed by atoms with E-state index in [0.717, 1.165) is 37.8 Å². The van der Waals surface area contributed by atoms with Gasteiger partial charge in [0.2, 0.25) is 0 Å². The predicted molar refractivity (Wildman–Crippen MR) is 62.5 cm³/mol. The first-order chi connectivity index (χ1) is 6.55. The van der Waals surface area contributed by atoms with Crippen molar-refractivity contribution in [1.82, 2.24) is 10.2 Å². The summed E-state index contributed by atoms with van der Waals surface area (Å²) in [6.07, 6.45) is 1.11. The second kappa shape index (κ2) is 4.94. The molecule has 0 amide bonds. The lowest BCUT2D eigenvalue weighted by molar-refractivity contribution is -0.0678. The number of rotatable bonds is 2. The molecule has 0 saturated carbocycles. The minimum absolute atomic E-state index is 0.0732. The molecule has 1 heterocycles. The van der Waals surface area contributed by atoms with E-state index >= 15 is 0 Å². The third-order valence-electron chi connectivity index (χ3n) is 2.24. The van der Waals surface area contributed by atoms with Crippen LogP contribution in [0.2, 0.25) is 0 Å². The number of ether oxygens (including phenoxy) is 1. The van der Waals surface area contributed by atoms with Gasteiger partial charge in [0.25, 0.3) is 0 Å². The number of nitrogens with zero attached hydrogens (tertiary/aromatic N) is 1. The molecule has 0 aromatic heterocycles. The summed E-state index contributed by atoms with van der Waals surface area (Å²) in [7, 11) is 0. The van der Waals surface area contributed by atoms with Crippen molar-refractivity contribution in [1.29, 1.82) is 0 Å². The molecule has 0 aromatic rings. The van der Waals surface area contributed by atoms with Crippen LogP contribution >= 0.6 is 12.2 Å². The van der Waals surface area contributed by atoms with E-state index in [9.17, 15) is 0 Å². The van der Waals surface area contributed by atoms with E-state index in [1.54, 1.807) is 0 Å². The van der Waals surface area contributed by atoms with Crippen molar-refractivity contribution < 1.29 is 4.74 Å². The maximum Gasteiger partial charge on any atom is 0.169 e. The van der Waals surface area contributed by atoms with Crippen molar-refractivity contribution in [2.24, 2.45) is 0 Å². The Morgan fingerprint density at radius 3 is 2.86 bits per heavy atom. The van der Waals surface area contributed by atoms with E-state index in [2.05, 4.69) is 31.0 Å². The fourth-order valence-corrected chi connectivity index (χ4v) is 1.79. The van der Waals surface area contributed by atoms with Gasteiger partial charge in [-0.15, -0.1) is 0 Å². The van der Waals surface area contributed by atoms with Crippen LogP contribution in [-0.4, -0.2) is 41.9 Å². The summed E-state index contributed by atoms with van der Waals surface area (Å²) in [6, 6.07) is 0. The molecule has 0 bridgehead atoms. The molecule has 0 spiro atoms. The van der Waals surface area contributed by atoms with Crippen LogP contribution in [0.25, 0.3) is 0 Å². The lowest BCUT2D eigenvalue weighted by atomic mass is 10.1. The Kier molecular flexibility index (Phi) is 4.13. The molecule has 0 atom stereocenters. The van der Waals surface area contributed by atoms with Crippen molar-refractivity contribution in [2.75, 3.05) is 26.2 Å². The molecule has 3 nitrogen and oxygen atoms in total. The molecular formula is C10H20N2OS. The van der Waals surface area contributed by atoms with Gasteiger partial charge in [0.1, 0.15) is 0 Å². The Labute approximate surface area is 91.8 Å². The standard InChI is InChI=1S/C10H20N2OS/c1-4-5-11-9(14)12-6-7-13-10(2,3)8-12/h4-8H2,1-3H3,(H,11,14). The van der Waals surface area contributed by atoms with E-state index in [-0.39, 0.29) is 5.60 Å². The number of hydrogen-bond donors (Lipinski definition) is 1. The van der Waals surface area contributed by atoms with Crippen LogP contribution in [0.3, 0.4) is 0 Å². The van der Waals surface area contributed by atoms with Crippen molar-refractivity contribution in [3.05, 3.63) is 0 Å². The van der Waals surface area contributed by atoms with Gasteiger partial charge in [-0.1, -0.05) is 6.92 Å². The van der Waals surface area contributed by atoms with Crippen LogP contribution in [0.1, 0.15) is 27.2 Å². The maximum atomic E-state index is 5.62. The van der Waals surface area contributed by atoms with Gasteiger partial charge in [0, 0.05) is 19.6 Å². The number of nitrogens with one attached hydrogen (secondary N) is 1. The van der Waals surface area contributed by atoms with Gasteiger partial charge < -0.3 is 15.0 Å². The topological polar surface area (TPSA) is 24.5 Å². The lowest BCUT2D eigenvalue weighted by Gasteiger charge is -2.39. The molecular weight excluding hydrogens is 196 g/mol. The van der Waals surface area contributed by atoms with Crippen LogP contribution in [0.4, 0.5) is 0 Å². The van der Waals surface area contributed by atoms with Gasteiger partial charge in [-0.05, 0) is 32.5 Å². The molecule has 1 saturated heterocycles. The minimum Gasteiger partial charge on any atom is -0.372 e. The molecule has 0 aliphatic carbocycles. The van der Waals surface area contributed by atoms with E-state index in [4.69, 9.17) is 17.0 Å². The average molecular weight is 216 g/mol. The molecule has 1 aliphatic rings. The molecule has 0 aromatic carbocycles. The monoisotopic (exact) mass is 216 g/mol. The van der Waals surface area contributed by atoms with E-state index in [0.29, 0.717) is 0 Å². The maximum absolute atomic E-state index is 5.62. The summed E-state index contributed by atoms with van der Waals surface area (Å²) >= 11 is 5.30. The number of thiocarbonyl (C=S) groups is 1. The molecule has 0 radical (unpaired) electrons. The van der Waals surface area contributed by atoms with Crippen molar-refractivity contribution in [3.8, 4) is 0 Å². The summed E-state index contributed by atoms with van der Waals surface area (Å²) in [4.78, 5) is 2.19. The Morgan fingerprint density at radius 1 is 1.57 bits per heavy atom. The molecule has 1 aliphatic heterocycles. The van der Waals surface area contributed by atoms with Crippen LogP contribution < -0.4 is 5.32 Å². The van der Waals surface area contributed by atoms with Gasteiger partial charge in [-0.3, -0.25) is 0 Å². The van der Waals surface area contributed by atoms with E-state index in [1.807, 2.05) is 0 Å². The molecule has 1 rings (SSSR count). The van der Waals surface area contributed by atoms with Crippen molar-refractivity contribution in [3.63, 3.8) is 0 Å². The molecule has 1 N–H and O–H groups in total. The third-order valence-corrected chi connectivity index (χ3v) is 2.64. The second-order valence-electron chi connectivity index (χ2n) is 4.26. The molecule has 82 valence electrons. The summed E-state index contributed by atoms with van der Waals surface area (Å²) in [5.41, 5.74) is -0.0732. The highest BCUT2D eigenvalue weighted by atomic mass is 32.1. The smallest absolute Gasteiger partial charge is 0.169 e. The molecule has 0 unspecified atom stereocenters. The fraction of sp³-hybridized carbons (Fsp3) is 0.900. The Balaban J connectivity index is 2.40. The quantitative estimate of drug-likeness (QED) is 0.705. The average Bonchev–Trinajstić information content (AvgIpc) is 2.12. The van der Waals surface area contributed by atoms with Gasteiger partial charge in [-0.25, -0.2) is 0 Å². The van der Waals surface area contributed by atoms with E-state index in [1.165, 1.54) is 0 Å². The lowest BCUT2D eigenvalue weighted by Crippen LogP contribution is -2.53. The summed E-state index contributed by atoms with van der Waals surface area (Å²) in [5.74, 6) is 0. The highest BCUT2D eigenvalue weighted by Gasteiger charge is 2.28. The Morgan fingerprint density at radius 2 is 2.29 bits per heavy atom. The zero-order valence-electron chi connectivity index (χ0n) is 9.30. The first-order valence-electron chi connectivity index (χ1n) is 5.22. The summed E-state index contributed by atoms with van der Waals surface area (Å²) < 4.78 is 5.62. The van der Waals surface area contributed by atoms with Gasteiger partial charge in [-0.2, -0.15) is 0 Å². The SMILES string of the molecule is CCCNC(=S)N1CCOC(C)(C)C1. The number of morpholine rings is 1.